The fraction of sp³-hybridized carbons (Fsp3) is 0.375. The van der Waals surface area contributed by atoms with E-state index in [0.717, 1.165) is 41.8 Å². The molecule has 0 saturated carbocycles. The van der Waals surface area contributed by atoms with Gasteiger partial charge in [0.1, 0.15) is 0 Å². The molecule has 0 spiro atoms. The minimum atomic E-state index is 0.697. The average molecular weight is 347 g/mol. The van der Waals surface area contributed by atoms with Crippen LogP contribution in [0.1, 0.15) is 36.4 Å². The normalized spacial score (nSPS) is 10.6. The van der Waals surface area contributed by atoms with Crippen LogP contribution in [0.4, 0.5) is 0 Å². The van der Waals surface area contributed by atoms with Crippen LogP contribution >= 0.6 is 15.9 Å². The molecule has 0 fully saturated rings. The van der Waals surface area contributed by atoms with Gasteiger partial charge in [0.05, 0.1) is 27.5 Å². The summed E-state index contributed by atoms with van der Waals surface area (Å²) in [7, 11) is 0. The van der Waals surface area contributed by atoms with E-state index < -0.39 is 0 Å². The molecule has 1 heterocycles. The van der Waals surface area contributed by atoms with Gasteiger partial charge in [-0.25, -0.2) is 0 Å². The first-order valence-corrected chi connectivity index (χ1v) is 7.92. The predicted octanol–water partition coefficient (Wildman–Crippen LogP) is 3.39. The molecule has 2 aromatic rings. The SMILES string of the molecule is CCc1nn(CC)c(CNCc2cccc(C#N)c2)c1Br. The third-order valence-corrected chi connectivity index (χ3v) is 4.29. The van der Waals surface area contributed by atoms with Gasteiger partial charge in [0, 0.05) is 19.6 Å². The summed E-state index contributed by atoms with van der Waals surface area (Å²) in [4.78, 5) is 0. The molecule has 2 rings (SSSR count). The first-order chi connectivity index (χ1) is 10.2. The Morgan fingerprint density at radius 2 is 2.14 bits per heavy atom. The Morgan fingerprint density at radius 1 is 1.33 bits per heavy atom. The van der Waals surface area contributed by atoms with Crippen LogP contribution < -0.4 is 5.32 Å². The Bertz CT molecular complexity index is 655. The molecular formula is C16H19BrN4. The summed E-state index contributed by atoms with van der Waals surface area (Å²) >= 11 is 3.65. The van der Waals surface area contributed by atoms with Gasteiger partial charge in [-0.2, -0.15) is 10.4 Å². The molecule has 110 valence electrons. The van der Waals surface area contributed by atoms with E-state index in [4.69, 9.17) is 5.26 Å². The minimum Gasteiger partial charge on any atom is -0.307 e. The second-order valence-electron chi connectivity index (χ2n) is 4.79. The molecule has 0 unspecified atom stereocenters. The number of halogens is 1. The third kappa shape index (κ3) is 3.72. The number of aromatic nitrogens is 2. The van der Waals surface area contributed by atoms with Gasteiger partial charge in [-0.15, -0.1) is 0 Å². The molecular weight excluding hydrogens is 328 g/mol. The molecule has 0 amide bonds. The summed E-state index contributed by atoms with van der Waals surface area (Å²) in [6.45, 7) is 6.55. The maximum Gasteiger partial charge on any atom is 0.0991 e. The summed E-state index contributed by atoms with van der Waals surface area (Å²) in [6.07, 6.45) is 0.921. The molecule has 0 aliphatic rings. The fourth-order valence-corrected chi connectivity index (χ4v) is 2.97. The summed E-state index contributed by atoms with van der Waals surface area (Å²) in [5.41, 5.74) is 4.08. The van der Waals surface area contributed by atoms with Gasteiger partial charge in [0.25, 0.3) is 0 Å². The molecule has 0 aliphatic carbocycles. The van der Waals surface area contributed by atoms with Gasteiger partial charge < -0.3 is 5.32 Å². The zero-order chi connectivity index (χ0) is 15.2. The highest BCUT2D eigenvalue weighted by molar-refractivity contribution is 9.10. The highest BCUT2D eigenvalue weighted by Crippen LogP contribution is 2.22. The Labute approximate surface area is 133 Å². The topological polar surface area (TPSA) is 53.6 Å². The second-order valence-corrected chi connectivity index (χ2v) is 5.59. The molecule has 0 atom stereocenters. The molecule has 0 aliphatic heterocycles. The van der Waals surface area contributed by atoms with Gasteiger partial charge in [-0.3, -0.25) is 4.68 Å². The first kappa shape index (κ1) is 15.7. The van der Waals surface area contributed by atoms with Crippen LogP contribution in [0.5, 0.6) is 0 Å². The van der Waals surface area contributed by atoms with E-state index in [9.17, 15) is 0 Å². The quantitative estimate of drug-likeness (QED) is 0.872. The number of nitrogens with one attached hydrogen (secondary N) is 1. The standard InChI is InChI=1S/C16H19BrN4/c1-3-14-16(17)15(21(4-2)20-14)11-19-10-13-7-5-6-12(8-13)9-18/h5-8,19H,3-4,10-11H2,1-2H3. The molecule has 1 N–H and O–H groups in total. The first-order valence-electron chi connectivity index (χ1n) is 7.13. The largest absolute Gasteiger partial charge is 0.307 e. The molecule has 0 saturated heterocycles. The van der Waals surface area contributed by atoms with E-state index in [1.165, 1.54) is 5.69 Å². The van der Waals surface area contributed by atoms with Crippen molar-refractivity contribution in [2.45, 2.75) is 39.9 Å². The number of benzene rings is 1. The van der Waals surface area contributed by atoms with Crippen LogP contribution in [0.2, 0.25) is 0 Å². The summed E-state index contributed by atoms with van der Waals surface area (Å²) in [5.74, 6) is 0. The van der Waals surface area contributed by atoms with Crippen molar-refractivity contribution in [2.24, 2.45) is 0 Å². The number of nitriles is 1. The van der Waals surface area contributed by atoms with Crippen molar-refractivity contribution < 1.29 is 0 Å². The lowest BCUT2D eigenvalue weighted by Crippen LogP contribution is -2.16. The molecule has 0 bridgehead atoms. The average Bonchev–Trinajstić information content (AvgIpc) is 2.83. The molecule has 1 aromatic heterocycles. The Morgan fingerprint density at radius 3 is 2.81 bits per heavy atom. The lowest BCUT2D eigenvalue weighted by atomic mass is 10.1. The molecule has 1 aromatic carbocycles. The van der Waals surface area contributed by atoms with E-state index in [0.29, 0.717) is 5.56 Å². The maximum absolute atomic E-state index is 8.91. The van der Waals surface area contributed by atoms with Crippen LogP contribution in [0.3, 0.4) is 0 Å². The Kier molecular flexibility index (Phi) is 5.54. The summed E-state index contributed by atoms with van der Waals surface area (Å²) < 4.78 is 3.13. The monoisotopic (exact) mass is 346 g/mol. The van der Waals surface area contributed by atoms with Gasteiger partial charge in [-0.05, 0) is 47.0 Å². The highest BCUT2D eigenvalue weighted by Gasteiger charge is 2.13. The summed E-state index contributed by atoms with van der Waals surface area (Å²) in [6, 6.07) is 9.84. The van der Waals surface area contributed by atoms with Crippen LogP contribution in [0, 0.1) is 11.3 Å². The maximum atomic E-state index is 8.91. The van der Waals surface area contributed by atoms with Crippen molar-refractivity contribution in [3.8, 4) is 6.07 Å². The number of hydrogen-bond acceptors (Lipinski definition) is 3. The lowest BCUT2D eigenvalue weighted by molar-refractivity contribution is 0.576. The smallest absolute Gasteiger partial charge is 0.0991 e. The Balaban J connectivity index is 2.03. The van der Waals surface area contributed by atoms with Crippen LogP contribution in [-0.2, 0) is 26.1 Å². The lowest BCUT2D eigenvalue weighted by Gasteiger charge is -2.08. The second kappa shape index (κ2) is 7.39. The number of nitrogens with zero attached hydrogens (tertiary/aromatic N) is 3. The van der Waals surface area contributed by atoms with Gasteiger partial charge in [0.15, 0.2) is 0 Å². The van der Waals surface area contributed by atoms with Gasteiger partial charge in [-0.1, -0.05) is 19.1 Å². The minimum absolute atomic E-state index is 0.697. The Hall–Kier alpha value is -1.64. The number of hydrogen-bond donors (Lipinski definition) is 1. The van der Waals surface area contributed by atoms with Crippen LogP contribution in [0.25, 0.3) is 0 Å². The number of aryl methyl sites for hydroxylation is 2. The van der Waals surface area contributed by atoms with E-state index in [2.05, 4.69) is 46.3 Å². The van der Waals surface area contributed by atoms with Crippen molar-refractivity contribution in [3.63, 3.8) is 0 Å². The highest BCUT2D eigenvalue weighted by atomic mass is 79.9. The molecule has 4 nitrogen and oxygen atoms in total. The van der Waals surface area contributed by atoms with E-state index >= 15 is 0 Å². The molecule has 21 heavy (non-hydrogen) atoms. The molecule has 5 heteroatoms. The van der Waals surface area contributed by atoms with Crippen molar-refractivity contribution >= 4 is 15.9 Å². The van der Waals surface area contributed by atoms with Crippen molar-refractivity contribution in [2.75, 3.05) is 0 Å². The zero-order valence-electron chi connectivity index (χ0n) is 12.4. The number of rotatable bonds is 6. The van der Waals surface area contributed by atoms with E-state index in [1.54, 1.807) is 0 Å². The van der Waals surface area contributed by atoms with Crippen molar-refractivity contribution in [1.82, 2.24) is 15.1 Å². The predicted molar refractivity (Wildman–Crippen MR) is 86.7 cm³/mol. The van der Waals surface area contributed by atoms with Crippen molar-refractivity contribution in [3.05, 3.63) is 51.3 Å². The van der Waals surface area contributed by atoms with E-state index in [1.807, 2.05) is 28.9 Å². The van der Waals surface area contributed by atoms with E-state index in [-0.39, 0.29) is 0 Å². The fourth-order valence-electron chi connectivity index (χ4n) is 2.26. The zero-order valence-corrected chi connectivity index (χ0v) is 13.9. The van der Waals surface area contributed by atoms with Crippen molar-refractivity contribution in [1.29, 1.82) is 5.26 Å². The van der Waals surface area contributed by atoms with Crippen LogP contribution in [0.15, 0.2) is 28.7 Å². The summed E-state index contributed by atoms with van der Waals surface area (Å²) in [5, 5.41) is 16.9. The van der Waals surface area contributed by atoms with Crippen LogP contribution in [-0.4, -0.2) is 9.78 Å². The van der Waals surface area contributed by atoms with Gasteiger partial charge >= 0.3 is 0 Å². The third-order valence-electron chi connectivity index (χ3n) is 3.37. The molecule has 0 radical (unpaired) electrons. The van der Waals surface area contributed by atoms with Gasteiger partial charge in [0.2, 0.25) is 0 Å².